The molecule has 0 radical (unpaired) electrons. The van der Waals surface area contributed by atoms with Gasteiger partial charge in [0.25, 0.3) is 5.91 Å². The van der Waals surface area contributed by atoms with Crippen LogP contribution >= 0.6 is 0 Å². The number of carbonyl (C=O) groups is 1. The number of hydrogen-bond acceptors (Lipinski definition) is 5. The van der Waals surface area contributed by atoms with Gasteiger partial charge in [0.05, 0.1) is 19.8 Å². The average Bonchev–Trinajstić information content (AvgIpc) is 3.31. The first-order valence-electron chi connectivity index (χ1n) is 10.9. The van der Waals surface area contributed by atoms with E-state index in [0.717, 1.165) is 28.7 Å². The fourth-order valence-corrected chi connectivity index (χ4v) is 4.49. The zero-order valence-corrected chi connectivity index (χ0v) is 19.2. The molecule has 4 rings (SSSR count). The predicted molar refractivity (Wildman–Crippen MR) is 122 cm³/mol. The maximum Gasteiger partial charge on any atom is 0.273 e. The van der Waals surface area contributed by atoms with E-state index in [9.17, 15) is 9.90 Å². The Morgan fingerprint density at radius 2 is 1.94 bits per heavy atom. The van der Waals surface area contributed by atoms with Crippen molar-refractivity contribution >= 4 is 5.91 Å². The number of nitrogens with zero attached hydrogens (tertiary/aromatic N) is 2. The standard InChI is InChI=1S/C25H29N3O4/c1-6-10-28-23(16-8-9-18(32-7-2)19(13-16)31-5)20-21(26-27-22(20)25(28)30)17-12-14(3)11-15(4)24(17)29/h8-9,11-13,23,29H,6-7,10H2,1-5H3,(H,26,27). The predicted octanol–water partition coefficient (Wildman–Crippen LogP) is 4.76. The fourth-order valence-electron chi connectivity index (χ4n) is 4.49. The van der Waals surface area contributed by atoms with Crippen LogP contribution in [0.2, 0.25) is 0 Å². The molecule has 0 saturated carbocycles. The summed E-state index contributed by atoms with van der Waals surface area (Å²) < 4.78 is 11.2. The monoisotopic (exact) mass is 435 g/mol. The summed E-state index contributed by atoms with van der Waals surface area (Å²) in [6.07, 6.45) is 0.818. The summed E-state index contributed by atoms with van der Waals surface area (Å²) in [5.74, 6) is 1.35. The van der Waals surface area contributed by atoms with Crippen LogP contribution in [0.15, 0.2) is 30.3 Å². The minimum absolute atomic E-state index is 0.0951. The van der Waals surface area contributed by atoms with Crippen LogP contribution in [-0.2, 0) is 0 Å². The number of fused-ring (bicyclic) bond motifs is 1. The summed E-state index contributed by atoms with van der Waals surface area (Å²) in [7, 11) is 1.60. The van der Waals surface area contributed by atoms with Crippen molar-refractivity contribution in [3.63, 3.8) is 0 Å². The molecular formula is C25H29N3O4. The van der Waals surface area contributed by atoms with E-state index in [4.69, 9.17) is 9.47 Å². The van der Waals surface area contributed by atoms with Crippen molar-refractivity contribution in [2.75, 3.05) is 20.3 Å². The number of phenols is 1. The lowest BCUT2D eigenvalue weighted by atomic mass is 9.94. The lowest BCUT2D eigenvalue weighted by molar-refractivity contribution is 0.0743. The number of aromatic nitrogens is 2. The van der Waals surface area contributed by atoms with Gasteiger partial charge in [-0.05, 0) is 62.1 Å². The van der Waals surface area contributed by atoms with E-state index in [1.54, 1.807) is 7.11 Å². The summed E-state index contributed by atoms with van der Waals surface area (Å²) >= 11 is 0. The summed E-state index contributed by atoms with van der Waals surface area (Å²) in [5.41, 5.74) is 5.13. The van der Waals surface area contributed by atoms with Crippen LogP contribution in [0.3, 0.4) is 0 Å². The number of carbonyl (C=O) groups excluding carboxylic acids is 1. The summed E-state index contributed by atoms with van der Waals surface area (Å²) in [5, 5.41) is 18.2. The number of ether oxygens (including phenoxy) is 2. The molecule has 32 heavy (non-hydrogen) atoms. The topological polar surface area (TPSA) is 87.7 Å². The third-order valence-electron chi connectivity index (χ3n) is 5.83. The molecule has 0 aliphatic carbocycles. The second-order valence-corrected chi connectivity index (χ2v) is 8.08. The third-order valence-corrected chi connectivity index (χ3v) is 5.83. The Morgan fingerprint density at radius 1 is 1.16 bits per heavy atom. The maximum atomic E-state index is 13.3. The summed E-state index contributed by atoms with van der Waals surface area (Å²) in [6.45, 7) is 8.94. The van der Waals surface area contributed by atoms with Crippen LogP contribution in [-0.4, -0.2) is 46.4 Å². The number of nitrogens with one attached hydrogen (secondary N) is 1. The lowest BCUT2D eigenvalue weighted by Gasteiger charge is -2.26. The average molecular weight is 436 g/mol. The number of phenolic OH excluding ortho intramolecular Hbond substituents is 1. The summed E-state index contributed by atoms with van der Waals surface area (Å²) in [4.78, 5) is 15.1. The normalized spacial score (nSPS) is 15.2. The number of rotatable bonds is 7. The Morgan fingerprint density at radius 3 is 2.62 bits per heavy atom. The SMILES string of the molecule is CCCN1C(=O)c2[nH]nc(-c3cc(C)cc(C)c3O)c2C1c1ccc(OCC)c(OC)c1. The van der Waals surface area contributed by atoms with E-state index in [-0.39, 0.29) is 17.7 Å². The second kappa shape index (κ2) is 8.57. The molecule has 1 unspecified atom stereocenters. The molecule has 0 fully saturated rings. The van der Waals surface area contributed by atoms with Gasteiger partial charge in [-0.1, -0.05) is 19.1 Å². The molecule has 1 aliphatic heterocycles. The number of benzene rings is 2. The van der Waals surface area contributed by atoms with Crippen molar-refractivity contribution in [1.29, 1.82) is 0 Å². The molecule has 1 atom stereocenters. The van der Waals surface area contributed by atoms with Gasteiger partial charge in [0.1, 0.15) is 17.1 Å². The van der Waals surface area contributed by atoms with Crippen LogP contribution in [0.4, 0.5) is 0 Å². The van der Waals surface area contributed by atoms with Crippen LogP contribution < -0.4 is 9.47 Å². The van der Waals surface area contributed by atoms with Crippen molar-refractivity contribution in [2.45, 2.75) is 40.2 Å². The number of hydrogen-bond donors (Lipinski definition) is 2. The van der Waals surface area contributed by atoms with Gasteiger partial charge >= 0.3 is 0 Å². The van der Waals surface area contributed by atoms with E-state index in [2.05, 4.69) is 10.2 Å². The highest BCUT2D eigenvalue weighted by Crippen LogP contribution is 2.46. The molecule has 3 aromatic rings. The molecule has 168 valence electrons. The van der Waals surface area contributed by atoms with Crippen molar-refractivity contribution in [3.8, 4) is 28.5 Å². The zero-order chi connectivity index (χ0) is 23.0. The molecule has 7 heteroatoms. The van der Waals surface area contributed by atoms with Crippen LogP contribution in [0.5, 0.6) is 17.2 Å². The number of aromatic hydroxyl groups is 1. The molecule has 2 aromatic carbocycles. The number of H-pyrrole nitrogens is 1. The highest BCUT2D eigenvalue weighted by Gasteiger charge is 2.42. The van der Waals surface area contributed by atoms with Crippen LogP contribution in [0.25, 0.3) is 11.3 Å². The van der Waals surface area contributed by atoms with Gasteiger partial charge < -0.3 is 19.5 Å². The minimum Gasteiger partial charge on any atom is -0.507 e. The lowest BCUT2D eigenvalue weighted by Crippen LogP contribution is -2.30. The first kappa shape index (κ1) is 21.7. The fraction of sp³-hybridized carbons (Fsp3) is 0.360. The second-order valence-electron chi connectivity index (χ2n) is 8.08. The Kier molecular flexibility index (Phi) is 5.82. The third kappa shape index (κ3) is 3.47. The van der Waals surface area contributed by atoms with E-state index in [0.29, 0.717) is 41.6 Å². The Bertz CT molecular complexity index is 1170. The van der Waals surface area contributed by atoms with Gasteiger partial charge in [-0.3, -0.25) is 9.89 Å². The van der Waals surface area contributed by atoms with Gasteiger partial charge in [0, 0.05) is 17.7 Å². The van der Waals surface area contributed by atoms with Gasteiger partial charge in [-0.2, -0.15) is 5.10 Å². The van der Waals surface area contributed by atoms with Gasteiger partial charge in [-0.25, -0.2) is 0 Å². The summed E-state index contributed by atoms with van der Waals surface area (Å²) in [6, 6.07) is 9.23. The van der Waals surface area contributed by atoms with E-state index in [1.165, 1.54) is 0 Å². The maximum absolute atomic E-state index is 13.3. The highest BCUT2D eigenvalue weighted by atomic mass is 16.5. The number of methoxy groups -OCH3 is 1. The molecule has 0 spiro atoms. The first-order valence-corrected chi connectivity index (χ1v) is 10.9. The molecule has 2 heterocycles. The Labute approximate surface area is 188 Å². The largest absolute Gasteiger partial charge is 0.507 e. The van der Waals surface area contributed by atoms with E-state index >= 15 is 0 Å². The number of amides is 1. The van der Waals surface area contributed by atoms with Gasteiger partial charge in [0.2, 0.25) is 0 Å². The minimum atomic E-state index is -0.351. The van der Waals surface area contributed by atoms with Gasteiger partial charge in [0.15, 0.2) is 11.5 Å². The Hall–Kier alpha value is -3.48. The molecule has 0 saturated heterocycles. The quantitative estimate of drug-likeness (QED) is 0.559. The van der Waals surface area contributed by atoms with Gasteiger partial charge in [-0.15, -0.1) is 0 Å². The van der Waals surface area contributed by atoms with Crippen molar-refractivity contribution in [2.24, 2.45) is 0 Å². The molecule has 7 nitrogen and oxygen atoms in total. The van der Waals surface area contributed by atoms with Crippen molar-refractivity contribution in [3.05, 3.63) is 58.3 Å². The molecule has 1 aromatic heterocycles. The molecular weight excluding hydrogens is 406 g/mol. The van der Waals surface area contributed by atoms with Crippen molar-refractivity contribution < 1.29 is 19.4 Å². The van der Waals surface area contributed by atoms with Crippen molar-refractivity contribution in [1.82, 2.24) is 15.1 Å². The zero-order valence-electron chi connectivity index (χ0n) is 19.2. The molecule has 1 aliphatic rings. The smallest absolute Gasteiger partial charge is 0.273 e. The molecule has 1 amide bonds. The van der Waals surface area contributed by atoms with Crippen LogP contribution in [0.1, 0.15) is 59.1 Å². The highest BCUT2D eigenvalue weighted by molar-refractivity contribution is 6.00. The van der Waals surface area contributed by atoms with E-state index in [1.807, 2.05) is 62.9 Å². The molecule has 2 N–H and O–H groups in total. The number of aromatic amines is 1. The number of aryl methyl sites for hydroxylation is 2. The Balaban J connectivity index is 1.92. The first-order chi connectivity index (χ1) is 15.4. The van der Waals surface area contributed by atoms with Crippen LogP contribution in [0, 0.1) is 13.8 Å². The van der Waals surface area contributed by atoms with E-state index < -0.39 is 0 Å². The molecule has 0 bridgehead atoms.